The van der Waals surface area contributed by atoms with Crippen LogP contribution in [0.3, 0.4) is 0 Å². The molecule has 32 heavy (non-hydrogen) atoms. The first-order valence-electron chi connectivity index (χ1n) is 11.5. The summed E-state index contributed by atoms with van der Waals surface area (Å²) in [7, 11) is 1.57. The van der Waals surface area contributed by atoms with E-state index in [9.17, 15) is 5.11 Å². The van der Waals surface area contributed by atoms with Gasteiger partial charge in [-0.3, -0.25) is 4.90 Å². The molecule has 2 saturated heterocycles. The first kappa shape index (κ1) is 23.1. The number of hydrogen-bond acceptors (Lipinski definition) is 7. The zero-order valence-electron chi connectivity index (χ0n) is 19.0. The molecule has 2 atom stereocenters. The number of nitrogens with zero attached hydrogens (tertiary/aromatic N) is 3. The monoisotopic (exact) mass is 455 g/mol. The van der Waals surface area contributed by atoms with Crippen LogP contribution >= 0.6 is 11.8 Å². The molecular weight excluding hydrogens is 422 g/mol. The third kappa shape index (κ3) is 6.03. The number of methoxy groups -OCH3 is 1. The van der Waals surface area contributed by atoms with E-state index < -0.39 is 0 Å². The van der Waals surface area contributed by atoms with Crippen LogP contribution in [0.4, 0.5) is 0 Å². The minimum Gasteiger partial charge on any atom is -0.504 e. The maximum atomic E-state index is 9.76. The first-order chi connectivity index (χ1) is 15.6. The molecule has 0 aliphatic carbocycles. The quantitative estimate of drug-likeness (QED) is 0.458. The fourth-order valence-corrected chi connectivity index (χ4v) is 5.33. The van der Waals surface area contributed by atoms with Crippen LogP contribution in [0.2, 0.25) is 0 Å². The molecular formula is C25H33N3O3S. The topological polar surface area (TPSA) is 67.7 Å². The number of rotatable bonds is 8. The van der Waals surface area contributed by atoms with Gasteiger partial charge in [-0.1, -0.05) is 30.0 Å². The molecule has 1 N–H and O–H groups in total. The Balaban J connectivity index is 1.35. The molecule has 0 spiro atoms. The molecule has 1 aromatic heterocycles. The van der Waals surface area contributed by atoms with Crippen LogP contribution in [-0.2, 0) is 4.74 Å². The van der Waals surface area contributed by atoms with Gasteiger partial charge in [0.2, 0.25) is 0 Å². The van der Waals surface area contributed by atoms with Crippen LogP contribution in [0.15, 0.2) is 35.6 Å². The van der Waals surface area contributed by atoms with Gasteiger partial charge >= 0.3 is 0 Å². The molecule has 0 saturated carbocycles. The second kappa shape index (κ2) is 11.2. The van der Waals surface area contributed by atoms with Gasteiger partial charge in [0.1, 0.15) is 0 Å². The lowest BCUT2D eigenvalue weighted by atomic mass is 9.92. The average Bonchev–Trinajstić information content (AvgIpc) is 3.33. The molecule has 0 unspecified atom stereocenters. The number of ether oxygens (including phenoxy) is 2. The summed E-state index contributed by atoms with van der Waals surface area (Å²) in [6, 6.07) is 5.42. The van der Waals surface area contributed by atoms with Gasteiger partial charge in [-0.25, -0.2) is 9.97 Å². The molecule has 2 aromatic rings. The van der Waals surface area contributed by atoms with Crippen LogP contribution in [0.5, 0.6) is 11.5 Å². The van der Waals surface area contributed by atoms with Crippen molar-refractivity contribution in [2.45, 2.75) is 49.8 Å². The van der Waals surface area contributed by atoms with Gasteiger partial charge in [0.15, 0.2) is 16.7 Å². The van der Waals surface area contributed by atoms with E-state index in [1.54, 1.807) is 24.9 Å². The number of phenols is 1. The molecule has 6 nitrogen and oxygen atoms in total. The van der Waals surface area contributed by atoms with Crippen LogP contribution in [0.1, 0.15) is 48.4 Å². The van der Waals surface area contributed by atoms with E-state index in [1.807, 2.05) is 18.3 Å². The van der Waals surface area contributed by atoms with Crippen molar-refractivity contribution in [1.29, 1.82) is 0 Å². The number of aromatic hydroxyl groups is 1. The molecule has 3 heterocycles. The molecule has 2 fully saturated rings. The van der Waals surface area contributed by atoms with Crippen molar-refractivity contribution in [1.82, 2.24) is 14.9 Å². The van der Waals surface area contributed by atoms with Gasteiger partial charge in [0, 0.05) is 37.6 Å². The smallest absolute Gasteiger partial charge is 0.187 e. The Morgan fingerprint density at radius 1 is 1.31 bits per heavy atom. The second-order valence-corrected chi connectivity index (χ2v) is 9.59. The van der Waals surface area contributed by atoms with Gasteiger partial charge in [-0.05, 0) is 62.4 Å². The number of aryl methyl sites for hydroxylation is 1. The van der Waals surface area contributed by atoms with Crippen molar-refractivity contribution in [3.63, 3.8) is 0 Å². The maximum Gasteiger partial charge on any atom is 0.187 e. The molecule has 1 aromatic carbocycles. The number of aromatic nitrogens is 2. The van der Waals surface area contributed by atoms with E-state index in [0.29, 0.717) is 17.8 Å². The van der Waals surface area contributed by atoms with Crippen molar-refractivity contribution in [2.75, 3.05) is 39.1 Å². The Morgan fingerprint density at radius 3 is 3.03 bits per heavy atom. The minimum atomic E-state index is 0.164. The zero-order valence-corrected chi connectivity index (χ0v) is 19.8. The van der Waals surface area contributed by atoms with E-state index in [-0.39, 0.29) is 5.75 Å². The molecule has 2 aliphatic rings. The van der Waals surface area contributed by atoms with E-state index in [2.05, 4.69) is 29.0 Å². The fourth-order valence-electron chi connectivity index (χ4n) is 4.44. The number of likely N-dealkylation sites (tertiary alicyclic amines) is 1. The van der Waals surface area contributed by atoms with E-state index in [0.717, 1.165) is 55.6 Å². The highest BCUT2D eigenvalue weighted by molar-refractivity contribution is 7.99. The summed E-state index contributed by atoms with van der Waals surface area (Å²) in [5.41, 5.74) is 3.41. The standard InChI is InChI=1S/C25H33N3O3S/c1-18-15-26-25(32-17-21-8-5-13-31-21)27-24(18)20-7-4-12-28(16-20)11-3-6-19-9-10-22(29)23(14-19)30-2/h3,6,9-10,14-15,20-21,29H,4-5,7-8,11-13,16-17H2,1-2H3/b6-3+/t20-,21-/m0/s1. The van der Waals surface area contributed by atoms with Crippen molar-refractivity contribution in [3.8, 4) is 11.5 Å². The predicted octanol–water partition coefficient (Wildman–Crippen LogP) is 4.66. The van der Waals surface area contributed by atoms with Crippen molar-refractivity contribution < 1.29 is 14.6 Å². The van der Waals surface area contributed by atoms with Crippen LogP contribution in [0.25, 0.3) is 6.08 Å². The van der Waals surface area contributed by atoms with Crippen molar-refractivity contribution >= 4 is 17.8 Å². The fraction of sp³-hybridized carbons (Fsp3) is 0.520. The average molecular weight is 456 g/mol. The second-order valence-electron chi connectivity index (χ2n) is 8.60. The van der Waals surface area contributed by atoms with Crippen LogP contribution in [-0.4, -0.2) is 65.2 Å². The highest BCUT2D eigenvalue weighted by atomic mass is 32.2. The molecule has 172 valence electrons. The molecule has 0 amide bonds. The van der Waals surface area contributed by atoms with Crippen LogP contribution in [0, 0.1) is 6.92 Å². The van der Waals surface area contributed by atoms with Gasteiger partial charge in [-0.15, -0.1) is 0 Å². The lowest BCUT2D eigenvalue weighted by Gasteiger charge is -2.32. The lowest BCUT2D eigenvalue weighted by Crippen LogP contribution is -2.35. The number of hydrogen-bond donors (Lipinski definition) is 1. The summed E-state index contributed by atoms with van der Waals surface area (Å²) in [6.45, 7) is 6.02. The summed E-state index contributed by atoms with van der Waals surface area (Å²) in [4.78, 5) is 12.0. The number of piperidine rings is 1. The molecule has 0 radical (unpaired) electrons. The molecule has 0 bridgehead atoms. The van der Waals surface area contributed by atoms with Gasteiger partial charge in [0.25, 0.3) is 0 Å². The number of phenolic OH excluding ortho intramolecular Hbond substituents is 1. The first-order valence-corrected chi connectivity index (χ1v) is 12.4. The summed E-state index contributed by atoms with van der Waals surface area (Å²) < 4.78 is 10.9. The van der Waals surface area contributed by atoms with Gasteiger partial charge < -0.3 is 14.6 Å². The van der Waals surface area contributed by atoms with Crippen molar-refractivity contribution in [2.24, 2.45) is 0 Å². The Kier molecular flexibility index (Phi) is 8.05. The minimum absolute atomic E-state index is 0.164. The largest absolute Gasteiger partial charge is 0.504 e. The third-order valence-corrected chi connectivity index (χ3v) is 7.17. The highest BCUT2D eigenvalue weighted by Gasteiger charge is 2.24. The summed E-state index contributed by atoms with van der Waals surface area (Å²) in [6.07, 6.45) is 11.3. The Bertz CT molecular complexity index is 931. The Morgan fingerprint density at radius 2 is 2.22 bits per heavy atom. The molecule has 4 rings (SSSR count). The van der Waals surface area contributed by atoms with E-state index in [4.69, 9.17) is 14.5 Å². The predicted molar refractivity (Wildman–Crippen MR) is 129 cm³/mol. The number of thioether (sulfide) groups is 1. The van der Waals surface area contributed by atoms with E-state index >= 15 is 0 Å². The van der Waals surface area contributed by atoms with Gasteiger partial charge in [-0.2, -0.15) is 0 Å². The molecule has 2 aliphatic heterocycles. The summed E-state index contributed by atoms with van der Waals surface area (Å²) >= 11 is 1.72. The summed E-state index contributed by atoms with van der Waals surface area (Å²) in [5, 5.41) is 10.6. The summed E-state index contributed by atoms with van der Waals surface area (Å²) in [5.74, 6) is 2.04. The van der Waals surface area contributed by atoms with Gasteiger partial charge in [0.05, 0.1) is 18.9 Å². The van der Waals surface area contributed by atoms with Crippen LogP contribution < -0.4 is 4.74 Å². The lowest BCUT2D eigenvalue weighted by molar-refractivity contribution is 0.129. The van der Waals surface area contributed by atoms with Crippen molar-refractivity contribution in [3.05, 3.63) is 47.3 Å². The maximum absolute atomic E-state index is 9.76. The van der Waals surface area contributed by atoms with E-state index in [1.165, 1.54) is 24.1 Å². The Labute approximate surface area is 195 Å². The normalized spacial score (nSPS) is 21.9. The highest BCUT2D eigenvalue weighted by Crippen LogP contribution is 2.30. The zero-order chi connectivity index (χ0) is 22.3. The molecule has 7 heteroatoms. The Hall–Kier alpha value is -2.09. The third-order valence-electron chi connectivity index (χ3n) is 6.18. The SMILES string of the molecule is COc1cc(/C=C/CN2CCC[C@H](c3nc(SC[C@@H]4CCCO4)ncc3C)C2)ccc1O. The number of benzene rings is 1.